The van der Waals surface area contributed by atoms with Crippen LogP contribution in [0.2, 0.25) is 0 Å². The summed E-state index contributed by atoms with van der Waals surface area (Å²) in [5.41, 5.74) is 2.46. The standard InChI is InChI=1S/C19H21N5S/c1-24(11-13-10-20-8-9-21-13)18-16-14-4-2-3-5-15(14)25-19(16)23-17(22-18)12-6-7-12/h8-10,12H,2-7,11H2,1H3. The Morgan fingerprint density at radius 1 is 1.16 bits per heavy atom. The van der Waals surface area contributed by atoms with Gasteiger partial charge < -0.3 is 4.90 Å². The molecular formula is C19H21N5S. The van der Waals surface area contributed by atoms with Crippen molar-refractivity contribution in [3.8, 4) is 0 Å². The summed E-state index contributed by atoms with van der Waals surface area (Å²) in [6.07, 6.45) is 12.7. The van der Waals surface area contributed by atoms with Crippen LogP contribution in [0.3, 0.4) is 0 Å². The lowest BCUT2D eigenvalue weighted by Crippen LogP contribution is -2.20. The van der Waals surface area contributed by atoms with Crippen molar-refractivity contribution in [2.45, 2.75) is 51.0 Å². The molecule has 0 radical (unpaired) electrons. The van der Waals surface area contributed by atoms with Gasteiger partial charge in [0.05, 0.1) is 23.8 Å². The molecule has 3 aromatic heterocycles. The molecule has 0 N–H and O–H groups in total. The van der Waals surface area contributed by atoms with E-state index in [1.165, 1.54) is 52.8 Å². The summed E-state index contributed by atoms with van der Waals surface area (Å²) in [6, 6.07) is 0. The highest BCUT2D eigenvalue weighted by Gasteiger charge is 2.30. The van der Waals surface area contributed by atoms with E-state index in [0.717, 1.165) is 23.8 Å². The van der Waals surface area contributed by atoms with Crippen LogP contribution in [-0.2, 0) is 19.4 Å². The number of hydrogen-bond donors (Lipinski definition) is 0. The van der Waals surface area contributed by atoms with Crippen LogP contribution in [0.15, 0.2) is 18.6 Å². The summed E-state index contributed by atoms with van der Waals surface area (Å²) in [7, 11) is 2.11. The van der Waals surface area contributed by atoms with Crippen LogP contribution in [0.5, 0.6) is 0 Å². The Morgan fingerprint density at radius 2 is 2.04 bits per heavy atom. The molecule has 1 saturated carbocycles. The van der Waals surface area contributed by atoms with Crippen molar-refractivity contribution in [1.82, 2.24) is 19.9 Å². The number of fused-ring (bicyclic) bond motifs is 3. The first-order valence-corrected chi connectivity index (χ1v) is 9.89. The number of anilines is 1. The van der Waals surface area contributed by atoms with Gasteiger partial charge in [-0.15, -0.1) is 11.3 Å². The fraction of sp³-hybridized carbons (Fsp3) is 0.474. The largest absolute Gasteiger partial charge is 0.353 e. The van der Waals surface area contributed by atoms with Gasteiger partial charge in [-0.1, -0.05) is 0 Å². The van der Waals surface area contributed by atoms with Gasteiger partial charge in [0.1, 0.15) is 16.5 Å². The Hall–Kier alpha value is -2.08. The fourth-order valence-electron chi connectivity index (χ4n) is 3.68. The van der Waals surface area contributed by atoms with Crippen molar-refractivity contribution in [2.24, 2.45) is 0 Å². The van der Waals surface area contributed by atoms with E-state index >= 15 is 0 Å². The molecular weight excluding hydrogens is 330 g/mol. The Balaban J connectivity index is 1.62. The van der Waals surface area contributed by atoms with Crippen LogP contribution >= 0.6 is 11.3 Å². The minimum absolute atomic E-state index is 0.562. The van der Waals surface area contributed by atoms with Gasteiger partial charge in [-0.25, -0.2) is 9.97 Å². The summed E-state index contributed by atoms with van der Waals surface area (Å²) in [5, 5.41) is 1.29. The van der Waals surface area contributed by atoms with Gasteiger partial charge in [0.2, 0.25) is 0 Å². The monoisotopic (exact) mass is 351 g/mol. The number of aromatic nitrogens is 4. The molecule has 0 saturated heterocycles. The molecule has 6 heteroatoms. The molecule has 5 nitrogen and oxygen atoms in total. The first-order chi connectivity index (χ1) is 12.3. The Labute approximate surface area is 151 Å². The fourth-order valence-corrected chi connectivity index (χ4v) is 4.95. The van der Waals surface area contributed by atoms with E-state index in [-0.39, 0.29) is 0 Å². The third kappa shape index (κ3) is 2.78. The molecule has 0 aromatic carbocycles. The van der Waals surface area contributed by atoms with Crippen molar-refractivity contribution >= 4 is 27.4 Å². The molecule has 0 bridgehead atoms. The molecule has 2 aliphatic rings. The summed E-state index contributed by atoms with van der Waals surface area (Å²) < 4.78 is 0. The SMILES string of the molecule is CN(Cc1cnccn1)c1nc(C2CC2)nc2sc3c(c12)CCCC3. The summed E-state index contributed by atoms with van der Waals surface area (Å²) in [4.78, 5) is 23.5. The van der Waals surface area contributed by atoms with E-state index in [4.69, 9.17) is 9.97 Å². The molecule has 0 spiro atoms. The highest BCUT2D eigenvalue weighted by Crippen LogP contribution is 2.44. The third-order valence-electron chi connectivity index (χ3n) is 5.13. The topological polar surface area (TPSA) is 54.8 Å². The highest BCUT2D eigenvalue weighted by molar-refractivity contribution is 7.19. The van der Waals surface area contributed by atoms with E-state index in [1.54, 1.807) is 12.4 Å². The van der Waals surface area contributed by atoms with Crippen LogP contribution in [0.25, 0.3) is 10.2 Å². The Kier molecular flexibility index (Phi) is 3.66. The molecule has 0 atom stereocenters. The Bertz CT molecular complexity index is 916. The van der Waals surface area contributed by atoms with E-state index in [2.05, 4.69) is 21.9 Å². The van der Waals surface area contributed by atoms with Gasteiger partial charge in [0, 0.05) is 30.2 Å². The first kappa shape index (κ1) is 15.2. The quantitative estimate of drug-likeness (QED) is 0.714. The lowest BCUT2D eigenvalue weighted by molar-refractivity contribution is 0.700. The molecule has 0 unspecified atom stereocenters. The molecule has 5 rings (SSSR count). The molecule has 0 amide bonds. The maximum atomic E-state index is 5.01. The van der Waals surface area contributed by atoms with Crippen molar-refractivity contribution < 1.29 is 0 Å². The van der Waals surface area contributed by atoms with Crippen molar-refractivity contribution in [1.29, 1.82) is 0 Å². The number of rotatable bonds is 4. The normalized spacial score (nSPS) is 16.8. The third-order valence-corrected chi connectivity index (χ3v) is 6.32. The predicted octanol–water partition coefficient (Wildman–Crippen LogP) is 3.87. The molecule has 1 fully saturated rings. The minimum Gasteiger partial charge on any atom is -0.353 e. The minimum atomic E-state index is 0.562. The zero-order chi connectivity index (χ0) is 16.8. The van der Waals surface area contributed by atoms with Gasteiger partial charge in [-0.2, -0.15) is 0 Å². The highest BCUT2D eigenvalue weighted by atomic mass is 32.1. The average molecular weight is 351 g/mol. The second kappa shape index (κ2) is 6.02. The number of nitrogens with zero attached hydrogens (tertiary/aromatic N) is 5. The van der Waals surface area contributed by atoms with Crippen molar-refractivity contribution in [2.75, 3.05) is 11.9 Å². The lowest BCUT2D eigenvalue weighted by Gasteiger charge is -2.20. The Morgan fingerprint density at radius 3 is 2.84 bits per heavy atom. The predicted molar refractivity (Wildman–Crippen MR) is 100 cm³/mol. The van der Waals surface area contributed by atoms with Crippen LogP contribution in [0.4, 0.5) is 5.82 Å². The molecule has 0 aliphatic heterocycles. The maximum absolute atomic E-state index is 5.01. The maximum Gasteiger partial charge on any atom is 0.141 e. The summed E-state index contributed by atoms with van der Waals surface area (Å²) in [5.74, 6) is 2.68. The van der Waals surface area contributed by atoms with E-state index in [1.807, 2.05) is 17.5 Å². The van der Waals surface area contributed by atoms with E-state index in [9.17, 15) is 0 Å². The van der Waals surface area contributed by atoms with Gasteiger partial charge >= 0.3 is 0 Å². The first-order valence-electron chi connectivity index (χ1n) is 9.08. The summed E-state index contributed by atoms with van der Waals surface area (Å²) in [6.45, 7) is 0.717. The molecule has 128 valence electrons. The van der Waals surface area contributed by atoms with Crippen molar-refractivity contribution in [3.63, 3.8) is 0 Å². The zero-order valence-electron chi connectivity index (χ0n) is 14.4. The smallest absolute Gasteiger partial charge is 0.141 e. The summed E-state index contributed by atoms with van der Waals surface area (Å²) >= 11 is 1.89. The zero-order valence-corrected chi connectivity index (χ0v) is 15.2. The van der Waals surface area contributed by atoms with Crippen molar-refractivity contribution in [3.05, 3.63) is 40.5 Å². The lowest BCUT2D eigenvalue weighted by atomic mass is 9.97. The number of aryl methyl sites for hydroxylation is 2. The van der Waals surface area contributed by atoms with Gasteiger partial charge in [0.25, 0.3) is 0 Å². The molecule has 3 heterocycles. The van der Waals surface area contributed by atoms with Crippen LogP contribution < -0.4 is 4.90 Å². The molecule has 3 aromatic rings. The van der Waals surface area contributed by atoms with Crippen LogP contribution in [-0.4, -0.2) is 27.0 Å². The van der Waals surface area contributed by atoms with Gasteiger partial charge in [-0.3, -0.25) is 9.97 Å². The van der Waals surface area contributed by atoms with Gasteiger partial charge in [0.15, 0.2) is 0 Å². The average Bonchev–Trinajstić information content (AvgIpc) is 3.42. The van der Waals surface area contributed by atoms with Gasteiger partial charge in [-0.05, 0) is 44.1 Å². The number of thiophene rings is 1. The van der Waals surface area contributed by atoms with Crippen LogP contribution in [0.1, 0.15) is 53.6 Å². The van der Waals surface area contributed by atoms with E-state index < -0.39 is 0 Å². The number of hydrogen-bond acceptors (Lipinski definition) is 6. The van der Waals surface area contributed by atoms with E-state index in [0.29, 0.717) is 12.5 Å². The second-order valence-electron chi connectivity index (χ2n) is 7.12. The van der Waals surface area contributed by atoms with Crippen LogP contribution in [0, 0.1) is 0 Å². The molecule has 2 aliphatic carbocycles. The molecule has 25 heavy (non-hydrogen) atoms. The second-order valence-corrected chi connectivity index (χ2v) is 8.21.